The van der Waals surface area contributed by atoms with E-state index in [9.17, 15) is 4.39 Å². The highest BCUT2D eigenvalue weighted by Crippen LogP contribution is 2.32. The van der Waals surface area contributed by atoms with Gasteiger partial charge in [0.1, 0.15) is 17.0 Å². The molecule has 0 amide bonds. The van der Waals surface area contributed by atoms with Crippen LogP contribution < -0.4 is 5.32 Å². The van der Waals surface area contributed by atoms with Gasteiger partial charge in [-0.05, 0) is 73.4 Å². The van der Waals surface area contributed by atoms with E-state index in [0.29, 0.717) is 12.1 Å². The number of nitrogens with one attached hydrogen (secondary N) is 1. The summed E-state index contributed by atoms with van der Waals surface area (Å²) in [7, 11) is 0. The molecule has 1 fully saturated rings. The van der Waals surface area contributed by atoms with Crippen LogP contribution in [0, 0.1) is 19.7 Å². The molecule has 0 saturated carbocycles. The van der Waals surface area contributed by atoms with E-state index in [1.807, 2.05) is 38.4 Å². The maximum atomic E-state index is 14.7. The van der Waals surface area contributed by atoms with Gasteiger partial charge < -0.3 is 10.1 Å². The number of benzene rings is 2. The first-order valence-electron chi connectivity index (χ1n) is 12.0. The molecule has 1 N–H and O–H groups in total. The smallest absolute Gasteiger partial charge is 0.149 e. The number of pyridine rings is 2. The van der Waals surface area contributed by atoms with Crippen LogP contribution in [-0.2, 0) is 4.74 Å². The highest BCUT2D eigenvalue weighted by molar-refractivity contribution is 5.95. The van der Waals surface area contributed by atoms with Crippen LogP contribution in [0.5, 0.6) is 0 Å². The number of nitrogens with zero attached hydrogens (tertiary/aromatic N) is 3. The molecule has 6 heteroatoms. The lowest BCUT2D eigenvalue weighted by atomic mass is 10.0. The number of aryl methyl sites for hydroxylation is 2. The van der Waals surface area contributed by atoms with E-state index in [4.69, 9.17) is 4.74 Å². The molecule has 0 radical (unpaired) electrons. The first-order chi connectivity index (χ1) is 17.0. The molecule has 2 aromatic carbocycles. The first kappa shape index (κ1) is 21.9. The molecule has 4 heterocycles. The summed E-state index contributed by atoms with van der Waals surface area (Å²) in [6.45, 7) is 7.43. The largest absolute Gasteiger partial charge is 0.375 e. The molecule has 0 spiro atoms. The van der Waals surface area contributed by atoms with Crippen molar-refractivity contribution in [2.24, 2.45) is 0 Å². The summed E-state index contributed by atoms with van der Waals surface area (Å²) in [5, 5.41) is 4.34. The lowest BCUT2D eigenvalue weighted by molar-refractivity contribution is 0.0149. The van der Waals surface area contributed by atoms with E-state index in [-0.39, 0.29) is 18.0 Å². The SMILES string of the molecule is Cc1cc(F)c2nc(C)cc(-c3cnc4cc(-c5ccc(C6COC(C)CN6)cc5)ccn34)c2c1. The van der Waals surface area contributed by atoms with Gasteiger partial charge in [0.2, 0.25) is 0 Å². The van der Waals surface area contributed by atoms with Crippen LogP contribution in [-0.4, -0.2) is 33.6 Å². The molecule has 5 nitrogen and oxygen atoms in total. The minimum Gasteiger partial charge on any atom is -0.375 e. The highest BCUT2D eigenvalue weighted by Gasteiger charge is 2.19. The van der Waals surface area contributed by atoms with Gasteiger partial charge in [-0.15, -0.1) is 0 Å². The molecule has 0 bridgehead atoms. The number of fused-ring (bicyclic) bond motifs is 2. The van der Waals surface area contributed by atoms with Crippen molar-refractivity contribution in [2.45, 2.75) is 32.9 Å². The normalized spacial score (nSPS) is 18.4. The zero-order chi connectivity index (χ0) is 24.1. The average Bonchev–Trinajstić information content (AvgIpc) is 3.28. The molecular formula is C29H27FN4O. The van der Waals surface area contributed by atoms with Gasteiger partial charge in [-0.1, -0.05) is 24.3 Å². The first-order valence-corrected chi connectivity index (χ1v) is 12.0. The third kappa shape index (κ3) is 3.99. The lowest BCUT2D eigenvalue weighted by Crippen LogP contribution is -2.39. The summed E-state index contributed by atoms with van der Waals surface area (Å²) in [5.41, 5.74) is 8.18. The number of halogens is 1. The van der Waals surface area contributed by atoms with Gasteiger partial charge in [0.05, 0.1) is 30.6 Å². The molecule has 35 heavy (non-hydrogen) atoms. The fourth-order valence-electron chi connectivity index (χ4n) is 4.93. The van der Waals surface area contributed by atoms with E-state index in [0.717, 1.165) is 51.2 Å². The van der Waals surface area contributed by atoms with Crippen LogP contribution in [0.2, 0.25) is 0 Å². The van der Waals surface area contributed by atoms with Crippen LogP contribution in [0.25, 0.3) is 38.9 Å². The van der Waals surface area contributed by atoms with E-state index < -0.39 is 0 Å². The molecule has 6 rings (SSSR count). The Kier molecular flexibility index (Phi) is 5.35. The molecule has 176 valence electrons. The minimum absolute atomic E-state index is 0.227. The number of hydrogen-bond acceptors (Lipinski definition) is 4. The Hall–Kier alpha value is -3.61. The van der Waals surface area contributed by atoms with Gasteiger partial charge in [-0.3, -0.25) is 9.38 Å². The summed E-state index contributed by atoms with van der Waals surface area (Å²) in [6, 6.07) is 18.6. The van der Waals surface area contributed by atoms with Crippen molar-refractivity contribution in [3.63, 3.8) is 0 Å². The lowest BCUT2D eigenvalue weighted by Gasteiger charge is -2.28. The zero-order valence-electron chi connectivity index (χ0n) is 20.0. The Morgan fingerprint density at radius 2 is 1.86 bits per heavy atom. The number of hydrogen-bond donors (Lipinski definition) is 1. The number of aromatic nitrogens is 3. The van der Waals surface area contributed by atoms with Crippen LogP contribution in [0.1, 0.15) is 29.8 Å². The highest BCUT2D eigenvalue weighted by atomic mass is 19.1. The summed E-state index contributed by atoms with van der Waals surface area (Å²) in [6.07, 6.45) is 4.15. The summed E-state index contributed by atoms with van der Waals surface area (Å²) >= 11 is 0. The Morgan fingerprint density at radius 1 is 1.03 bits per heavy atom. The molecule has 2 unspecified atom stereocenters. The molecule has 0 aliphatic carbocycles. The number of morpholine rings is 1. The second-order valence-electron chi connectivity index (χ2n) is 9.47. The third-order valence-corrected chi connectivity index (χ3v) is 6.77. The van der Waals surface area contributed by atoms with Crippen LogP contribution >= 0.6 is 0 Å². The molecule has 3 aromatic heterocycles. The van der Waals surface area contributed by atoms with E-state index >= 15 is 0 Å². The number of rotatable bonds is 3. The van der Waals surface area contributed by atoms with E-state index in [1.165, 1.54) is 11.6 Å². The standard InChI is InChI=1S/C29H27FN4O/c1-17-10-24-23(12-18(2)33-29(24)25(30)11-17)27-15-32-28-13-22(8-9-34(27)28)20-4-6-21(7-5-20)26-16-35-19(3)14-31-26/h4-13,15,19,26,31H,14,16H2,1-3H3. The Morgan fingerprint density at radius 3 is 2.63 bits per heavy atom. The monoisotopic (exact) mass is 466 g/mol. The maximum absolute atomic E-state index is 14.7. The van der Waals surface area contributed by atoms with Crippen molar-refractivity contribution in [1.29, 1.82) is 0 Å². The summed E-state index contributed by atoms with van der Waals surface area (Å²) < 4.78 is 22.5. The molecule has 1 aliphatic rings. The zero-order valence-corrected chi connectivity index (χ0v) is 20.0. The van der Waals surface area contributed by atoms with E-state index in [1.54, 1.807) is 0 Å². The molecular weight excluding hydrogens is 439 g/mol. The Bertz CT molecular complexity index is 1550. The van der Waals surface area contributed by atoms with Crippen molar-refractivity contribution in [1.82, 2.24) is 19.7 Å². The second kappa shape index (κ2) is 8.56. The molecule has 2 atom stereocenters. The van der Waals surface area contributed by atoms with Gasteiger partial charge in [0.15, 0.2) is 0 Å². The van der Waals surface area contributed by atoms with E-state index in [2.05, 4.69) is 63.0 Å². The summed E-state index contributed by atoms with van der Waals surface area (Å²) in [4.78, 5) is 9.13. The predicted molar refractivity (Wildman–Crippen MR) is 137 cm³/mol. The van der Waals surface area contributed by atoms with Gasteiger partial charge in [-0.2, -0.15) is 0 Å². The van der Waals surface area contributed by atoms with Gasteiger partial charge in [0.25, 0.3) is 0 Å². The molecule has 5 aromatic rings. The van der Waals surface area contributed by atoms with Gasteiger partial charge in [0, 0.05) is 29.4 Å². The van der Waals surface area contributed by atoms with Gasteiger partial charge in [-0.25, -0.2) is 9.37 Å². The minimum atomic E-state index is -0.297. The number of imidazole rings is 1. The maximum Gasteiger partial charge on any atom is 0.149 e. The van der Waals surface area contributed by atoms with Crippen molar-refractivity contribution >= 4 is 16.6 Å². The topological polar surface area (TPSA) is 51.5 Å². The fourth-order valence-corrected chi connectivity index (χ4v) is 4.93. The second-order valence-corrected chi connectivity index (χ2v) is 9.47. The summed E-state index contributed by atoms with van der Waals surface area (Å²) in [5.74, 6) is -0.297. The third-order valence-electron chi connectivity index (χ3n) is 6.77. The quantitative estimate of drug-likeness (QED) is 0.353. The number of ether oxygens (including phenoxy) is 1. The van der Waals surface area contributed by atoms with Crippen molar-refractivity contribution in [3.05, 3.63) is 89.6 Å². The van der Waals surface area contributed by atoms with Crippen molar-refractivity contribution in [3.8, 4) is 22.4 Å². The van der Waals surface area contributed by atoms with Crippen LogP contribution in [0.15, 0.2) is 67.0 Å². The average molecular weight is 467 g/mol. The molecule has 1 aliphatic heterocycles. The van der Waals surface area contributed by atoms with Crippen LogP contribution in [0.3, 0.4) is 0 Å². The Balaban J connectivity index is 1.36. The fraction of sp³-hybridized carbons (Fsp3) is 0.241. The Labute approximate surface area is 203 Å². The van der Waals surface area contributed by atoms with Crippen LogP contribution in [0.4, 0.5) is 4.39 Å². The van der Waals surface area contributed by atoms with Crippen molar-refractivity contribution in [2.75, 3.05) is 13.2 Å². The predicted octanol–water partition coefficient (Wildman–Crippen LogP) is 6.02. The molecule has 1 saturated heterocycles. The van der Waals surface area contributed by atoms with Gasteiger partial charge >= 0.3 is 0 Å². The van der Waals surface area contributed by atoms with Crippen molar-refractivity contribution < 1.29 is 9.13 Å².